The average Bonchev–Trinajstić information content (AvgIpc) is 3.40. The van der Waals surface area contributed by atoms with E-state index >= 15 is 0 Å². The summed E-state index contributed by atoms with van der Waals surface area (Å²) < 4.78 is 11.0. The Hall–Kier alpha value is -2.83. The number of hydrogen-bond acceptors (Lipinski definition) is 5. The molecule has 2 aliphatic heterocycles. The van der Waals surface area contributed by atoms with Crippen molar-refractivity contribution in [2.24, 2.45) is 0 Å². The van der Waals surface area contributed by atoms with Crippen LogP contribution < -0.4 is 9.47 Å². The van der Waals surface area contributed by atoms with Gasteiger partial charge in [-0.3, -0.25) is 10.00 Å². The molecule has 1 aromatic heterocycles. The van der Waals surface area contributed by atoms with Crippen LogP contribution in [0.25, 0.3) is 11.3 Å². The highest BCUT2D eigenvalue weighted by molar-refractivity contribution is 5.66. The highest BCUT2D eigenvalue weighted by atomic mass is 16.7. The normalized spacial score (nSPS) is 17.0. The Morgan fingerprint density at radius 2 is 1.74 bits per heavy atom. The summed E-state index contributed by atoms with van der Waals surface area (Å²) in [5, 5.41) is 7.52. The third-order valence-electron chi connectivity index (χ3n) is 6.24. The van der Waals surface area contributed by atoms with Gasteiger partial charge < -0.3 is 14.4 Å². The van der Waals surface area contributed by atoms with Crippen LogP contribution in [0, 0.1) is 0 Å². The van der Waals surface area contributed by atoms with Crippen molar-refractivity contribution in [1.82, 2.24) is 20.0 Å². The summed E-state index contributed by atoms with van der Waals surface area (Å²) in [7, 11) is 0. The van der Waals surface area contributed by atoms with Crippen LogP contribution in [-0.2, 0) is 13.0 Å². The van der Waals surface area contributed by atoms with Gasteiger partial charge in [0.05, 0.1) is 11.9 Å². The molecule has 0 amide bonds. The van der Waals surface area contributed by atoms with Crippen LogP contribution >= 0.6 is 0 Å². The molecule has 5 rings (SSSR count). The standard InChI is InChI=1S/C25H30N4O2/c1-2-6-20(7-3-1)8-4-11-28-12-5-13-29(15-14-28)18-22-17-26-27-25(22)21-9-10-23-24(16-21)31-19-30-23/h1-3,6-7,9-10,16-17H,4-5,8,11-15,18-19H2,(H,26,27). The van der Waals surface area contributed by atoms with E-state index in [1.54, 1.807) is 0 Å². The molecule has 2 aromatic carbocycles. The van der Waals surface area contributed by atoms with E-state index in [1.807, 2.05) is 18.3 Å². The SMILES string of the molecule is c1ccc(CCCN2CCCN(Cc3cn[nH]c3-c3ccc4c(c3)OCO4)CC2)cc1. The Kier molecular flexibility index (Phi) is 6.18. The van der Waals surface area contributed by atoms with Crippen LogP contribution in [0.1, 0.15) is 24.0 Å². The van der Waals surface area contributed by atoms with E-state index in [4.69, 9.17) is 9.47 Å². The number of aromatic nitrogens is 2. The number of rotatable bonds is 7. The molecule has 6 nitrogen and oxygen atoms in total. The molecule has 0 unspecified atom stereocenters. The maximum Gasteiger partial charge on any atom is 0.231 e. The molecule has 6 heteroatoms. The Morgan fingerprint density at radius 3 is 2.68 bits per heavy atom. The number of ether oxygens (including phenoxy) is 2. The van der Waals surface area contributed by atoms with Crippen molar-refractivity contribution < 1.29 is 9.47 Å². The first-order chi connectivity index (χ1) is 15.3. The highest BCUT2D eigenvalue weighted by Crippen LogP contribution is 2.36. The van der Waals surface area contributed by atoms with Gasteiger partial charge in [-0.15, -0.1) is 0 Å². The number of nitrogens with one attached hydrogen (secondary N) is 1. The fraction of sp³-hybridized carbons (Fsp3) is 0.400. The molecule has 31 heavy (non-hydrogen) atoms. The van der Waals surface area contributed by atoms with Crippen LogP contribution in [0.3, 0.4) is 0 Å². The zero-order valence-electron chi connectivity index (χ0n) is 17.9. The highest BCUT2D eigenvalue weighted by Gasteiger charge is 2.19. The molecule has 162 valence electrons. The van der Waals surface area contributed by atoms with Gasteiger partial charge in [-0.1, -0.05) is 30.3 Å². The Labute approximate surface area is 183 Å². The van der Waals surface area contributed by atoms with Crippen molar-refractivity contribution in [3.8, 4) is 22.8 Å². The quantitative estimate of drug-likeness (QED) is 0.630. The molecule has 3 heterocycles. The second-order valence-electron chi connectivity index (χ2n) is 8.40. The molecule has 0 radical (unpaired) electrons. The molecule has 1 fully saturated rings. The van der Waals surface area contributed by atoms with Crippen LogP contribution in [0.5, 0.6) is 11.5 Å². The Morgan fingerprint density at radius 1 is 0.903 bits per heavy atom. The van der Waals surface area contributed by atoms with E-state index in [0.29, 0.717) is 6.79 Å². The maximum absolute atomic E-state index is 5.54. The summed E-state index contributed by atoms with van der Waals surface area (Å²) in [6.07, 6.45) is 5.56. The predicted octanol–water partition coefficient (Wildman–Crippen LogP) is 3.95. The first kappa shape index (κ1) is 20.1. The lowest BCUT2D eigenvalue weighted by Gasteiger charge is -2.22. The summed E-state index contributed by atoms with van der Waals surface area (Å²) in [5.74, 6) is 1.61. The van der Waals surface area contributed by atoms with Crippen molar-refractivity contribution in [2.45, 2.75) is 25.8 Å². The lowest BCUT2D eigenvalue weighted by atomic mass is 10.1. The average molecular weight is 419 g/mol. The van der Waals surface area contributed by atoms with Gasteiger partial charge in [-0.2, -0.15) is 5.10 Å². The molecule has 0 saturated carbocycles. The third kappa shape index (κ3) is 4.92. The van der Waals surface area contributed by atoms with Crippen LogP contribution in [0.15, 0.2) is 54.7 Å². The number of H-pyrrole nitrogens is 1. The number of aryl methyl sites for hydroxylation is 1. The molecule has 0 atom stereocenters. The van der Waals surface area contributed by atoms with E-state index in [-0.39, 0.29) is 0 Å². The lowest BCUT2D eigenvalue weighted by Crippen LogP contribution is -2.31. The van der Waals surface area contributed by atoms with Crippen molar-refractivity contribution >= 4 is 0 Å². The molecular formula is C25H30N4O2. The molecular weight excluding hydrogens is 388 g/mol. The summed E-state index contributed by atoms with van der Waals surface area (Å²) in [6.45, 7) is 6.93. The van der Waals surface area contributed by atoms with Gasteiger partial charge in [0, 0.05) is 30.8 Å². The summed E-state index contributed by atoms with van der Waals surface area (Å²) in [6, 6.07) is 16.9. The number of hydrogen-bond donors (Lipinski definition) is 1. The van der Waals surface area contributed by atoms with Gasteiger partial charge in [0.2, 0.25) is 6.79 Å². The number of benzene rings is 2. The zero-order valence-corrected chi connectivity index (χ0v) is 17.9. The van der Waals surface area contributed by atoms with E-state index in [0.717, 1.165) is 55.4 Å². The van der Waals surface area contributed by atoms with Crippen molar-refractivity contribution in [3.63, 3.8) is 0 Å². The van der Waals surface area contributed by atoms with Crippen LogP contribution in [0.2, 0.25) is 0 Å². The van der Waals surface area contributed by atoms with Gasteiger partial charge in [0.25, 0.3) is 0 Å². The Balaban J connectivity index is 1.15. The molecule has 1 saturated heterocycles. The molecule has 0 spiro atoms. The third-order valence-corrected chi connectivity index (χ3v) is 6.24. The molecule has 0 aliphatic carbocycles. The summed E-state index contributed by atoms with van der Waals surface area (Å²) >= 11 is 0. The molecule has 2 aliphatic rings. The predicted molar refractivity (Wildman–Crippen MR) is 121 cm³/mol. The number of nitrogens with zero attached hydrogens (tertiary/aromatic N) is 3. The number of aromatic amines is 1. The maximum atomic E-state index is 5.54. The monoisotopic (exact) mass is 418 g/mol. The molecule has 0 bridgehead atoms. The zero-order chi connectivity index (χ0) is 20.9. The summed E-state index contributed by atoms with van der Waals surface area (Å²) in [5.41, 5.74) is 4.84. The largest absolute Gasteiger partial charge is 0.454 e. The lowest BCUT2D eigenvalue weighted by molar-refractivity contribution is 0.174. The fourth-order valence-corrected chi connectivity index (χ4v) is 4.53. The first-order valence-corrected chi connectivity index (χ1v) is 11.3. The van der Waals surface area contributed by atoms with Crippen molar-refractivity contribution in [3.05, 3.63) is 65.9 Å². The van der Waals surface area contributed by atoms with E-state index < -0.39 is 0 Å². The minimum absolute atomic E-state index is 0.296. The van der Waals surface area contributed by atoms with Crippen molar-refractivity contribution in [1.29, 1.82) is 0 Å². The number of fused-ring (bicyclic) bond motifs is 1. The summed E-state index contributed by atoms with van der Waals surface area (Å²) in [4.78, 5) is 5.18. The van der Waals surface area contributed by atoms with Gasteiger partial charge >= 0.3 is 0 Å². The van der Waals surface area contributed by atoms with Gasteiger partial charge in [-0.25, -0.2) is 0 Å². The second kappa shape index (κ2) is 9.54. The smallest absolute Gasteiger partial charge is 0.231 e. The molecule has 1 N–H and O–H groups in total. The molecule has 3 aromatic rings. The van der Waals surface area contributed by atoms with E-state index in [1.165, 1.54) is 37.1 Å². The minimum atomic E-state index is 0.296. The van der Waals surface area contributed by atoms with Gasteiger partial charge in [-0.05, 0) is 62.7 Å². The van der Waals surface area contributed by atoms with Crippen molar-refractivity contribution in [2.75, 3.05) is 39.5 Å². The topological polar surface area (TPSA) is 53.6 Å². The second-order valence-corrected chi connectivity index (χ2v) is 8.40. The Bertz CT molecular complexity index is 988. The fourth-order valence-electron chi connectivity index (χ4n) is 4.53. The van der Waals surface area contributed by atoms with E-state index in [9.17, 15) is 0 Å². The van der Waals surface area contributed by atoms with Gasteiger partial charge in [0.15, 0.2) is 11.5 Å². The van der Waals surface area contributed by atoms with Crippen LogP contribution in [0.4, 0.5) is 0 Å². The van der Waals surface area contributed by atoms with Crippen LogP contribution in [-0.4, -0.2) is 59.5 Å². The van der Waals surface area contributed by atoms with Gasteiger partial charge in [0.1, 0.15) is 0 Å². The van der Waals surface area contributed by atoms with E-state index in [2.05, 4.69) is 56.4 Å². The minimum Gasteiger partial charge on any atom is -0.454 e. The first-order valence-electron chi connectivity index (χ1n) is 11.3.